The van der Waals surface area contributed by atoms with Gasteiger partial charge in [-0.1, -0.05) is 41.4 Å². The molecule has 0 spiro atoms. The highest BCUT2D eigenvalue weighted by Crippen LogP contribution is 2.39. The lowest BCUT2D eigenvalue weighted by atomic mass is 9.99. The van der Waals surface area contributed by atoms with Gasteiger partial charge in [-0.2, -0.15) is 0 Å². The molecule has 1 aromatic heterocycles. The minimum absolute atomic E-state index is 0.183. The third-order valence-corrected chi connectivity index (χ3v) is 4.53. The van der Waals surface area contributed by atoms with Gasteiger partial charge in [-0.3, -0.25) is 4.79 Å². The summed E-state index contributed by atoms with van der Waals surface area (Å²) in [6.45, 7) is 2.06. The van der Waals surface area contributed by atoms with E-state index in [-0.39, 0.29) is 11.7 Å². The van der Waals surface area contributed by atoms with Gasteiger partial charge in [0.05, 0.1) is 11.3 Å². The normalized spacial score (nSPS) is 14.5. The van der Waals surface area contributed by atoms with Gasteiger partial charge in [0.15, 0.2) is 5.78 Å². The van der Waals surface area contributed by atoms with E-state index in [1.165, 1.54) is 5.56 Å². The Labute approximate surface area is 134 Å². The number of aromatic amines is 1. The first-order valence-corrected chi connectivity index (χ1v) is 7.94. The lowest BCUT2D eigenvalue weighted by molar-refractivity contribution is 0.0970. The molecule has 4 rings (SSSR count). The van der Waals surface area contributed by atoms with Crippen molar-refractivity contribution in [2.75, 3.05) is 0 Å². The van der Waals surface area contributed by atoms with Crippen molar-refractivity contribution in [2.24, 2.45) is 5.92 Å². The van der Waals surface area contributed by atoms with E-state index in [9.17, 15) is 4.79 Å². The van der Waals surface area contributed by atoms with Gasteiger partial charge in [0.25, 0.3) is 0 Å². The van der Waals surface area contributed by atoms with Crippen LogP contribution in [0.2, 0.25) is 5.02 Å². The van der Waals surface area contributed by atoms with Crippen molar-refractivity contribution in [3.05, 3.63) is 58.6 Å². The Morgan fingerprint density at radius 3 is 2.55 bits per heavy atom. The van der Waals surface area contributed by atoms with Crippen LogP contribution in [0.1, 0.15) is 28.8 Å². The molecular weight excluding hydrogens is 294 g/mol. The molecule has 0 saturated heterocycles. The Bertz CT molecular complexity index is 872. The van der Waals surface area contributed by atoms with E-state index in [4.69, 9.17) is 11.6 Å². The van der Waals surface area contributed by atoms with Crippen molar-refractivity contribution in [2.45, 2.75) is 19.8 Å². The molecule has 1 heterocycles. The monoisotopic (exact) mass is 309 g/mol. The predicted octanol–water partition coefficient (Wildman–Crippen LogP) is 5.39. The van der Waals surface area contributed by atoms with Crippen molar-refractivity contribution in [1.29, 1.82) is 0 Å². The molecule has 2 nitrogen and oxygen atoms in total. The fourth-order valence-electron chi connectivity index (χ4n) is 2.91. The van der Waals surface area contributed by atoms with Crippen molar-refractivity contribution in [3.63, 3.8) is 0 Å². The van der Waals surface area contributed by atoms with E-state index in [1.807, 2.05) is 18.2 Å². The number of ketones is 1. The lowest BCUT2D eigenvalue weighted by Crippen LogP contribution is -2.02. The summed E-state index contributed by atoms with van der Waals surface area (Å²) in [6.07, 6.45) is 2.00. The van der Waals surface area contributed by atoms with E-state index in [0.717, 1.165) is 40.6 Å². The van der Waals surface area contributed by atoms with Crippen LogP contribution in [0, 0.1) is 12.8 Å². The second-order valence-corrected chi connectivity index (χ2v) is 6.51. The maximum absolute atomic E-state index is 12.8. The van der Waals surface area contributed by atoms with Gasteiger partial charge in [-0.05, 0) is 43.5 Å². The average Bonchev–Trinajstić information content (AvgIpc) is 3.29. The fourth-order valence-corrected chi connectivity index (χ4v) is 3.08. The summed E-state index contributed by atoms with van der Waals surface area (Å²) in [4.78, 5) is 16.2. The molecule has 0 amide bonds. The predicted molar refractivity (Wildman–Crippen MR) is 90.5 cm³/mol. The van der Waals surface area contributed by atoms with Crippen LogP contribution in [-0.2, 0) is 0 Å². The lowest BCUT2D eigenvalue weighted by Gasteiger charge is -2.04. The molecule has 0 radical (unpaired) electrons. The molecule has 1 aliphatic rings. The minimum atomic E-state index is 0.183. The maximum atomic E-state index is 12.8. The summed E-state index contributed by atoms with van der Waals surface area (Å²) >= 11 is 6.14. The average molecular weight is 310 g/mol. The third kappa shape index (κ3) is 2.24. The summed E-state index contributed by atoms with van der Waals surface area (Å²) in [5, 5.41) is 1.59. The van der Waals surface area contributed by atoms with Crippen LogP contribution in [0.5, 0.6) is 0 Å². The zero-order chi connectivity index (χ0) is 15.3. The molecule has 3 heteroatoms. The Morgan fingerprint density at radius 2 is 1.86 bits per heavy atom. The summed E-state index contributed by atoms with van der Waals surface area (Å²) in [5.74, 6) is 0.422. The van der Waals surface area contributed by atoms with Crippen LogP contribution in [0.4, 0.5) is 0 Å². The largest absolute Gasteiger partial charge is 0.354 e. The Balaban J connectivity index is 1.98. The zero-order valence-corrected chi connectivity index (χ0v) is 13.1. The number of fused-ring (bicyclic) bond motifs is 1. The molecular formula is C19H16ClNO. The van der Waals surface area contributed by atoms with Gasteiger partial charge in [0.2, 0.25) is 0 Å². The molecule has 22 heavy (non-hydrogen) atoms. The number of halogens is 1. The zero-order valence-electron chi connectivity index (χ0n) is 12.3. The van der Waals surface area contributed by atoms with Gasteiger partial charge < -0.3 is 4.98 Å². The molecule has 1 aliphatic carbocycles. The van der Waals surface area contributed by atoms with Crippen molar-refractivity contribution < 1.29 is 4.79 Å². The summed E-state index contributed by atoms with van der Waals surface area (Å²) in [5.41, 5.74) is 4.92. The first kappa shape index (κ1) is 13.6. The standard InChI is InChI=1S/C19H16ClNO/c1-11-2-4-12(5-3-11)18-17(19(22)13-6-7-13)15-10-14(20)8-9-16(15)21-18/h2-5,8-10,13,21H,6-7H2,1H3. The highest BCUT2D eigenvalue weighted by Gasteiger charge is 2.33. The Kier molecular flexibility index (Phi) is 3.08. The number of hydrogen-bond donors (Lipinski definition) is 1. The van der Waals surface area contributed by atoms with E-state index >= 15 is 0 Å². The van der Waals surface area contributed by atoms with Crippen LogP contribution < -0.4 is 0 Å². The molecule has 2 aromatic carbocycles. The van der Waals surface area contributed by atoms with Gasteiger partial charge in [0, 0.05) is 21.8 Å². The summed E-state index contributed by atoms with van der Waals surface area (Å²) in [6, 6.07) is 13.9. The van der Waals surface area contributed by atoms with Gasteiger partial charge in [-0.25, -0.2) is 0 Å². The minimum Gasteiger partial charge on any atom is -0.354 e. The second kappa shape index (κ2) is 4.99. The number of hydrogen-bond acceptors (Lipinski definition) is 1. The molecule has 1 N–H and O–H groups in total. The van der Waals surface area contributed by atoms with E-state index in [1.54, 1.807) is 0 Å². The fraction of sp³-hybridized carbons (Fsp3) is 0.211. The number of carbonyl (C=O) groups is 1. The molecule has 0 aliphatic heterocycles. The van der Waals surface area contributed by atoms with Crippen LogP contribution >= 0.6 is 11.6 Å². The van der Waals surface area contributed by atoms with E-state index in [2.05, 4.69) is 36.2 Å². The van der Waals surface area contributed by atoms with E-state index < -0.39 is 0 Å². The number of aryl methyl sites for hydroxylation is 1. The highest BCUT2D eigenvalue weighted by molar-refractivity contribution is 6.31. The number of nitrogens with one attached hydrogen (secondary N) is 1. The van der Waals surface area contributed by atoms with Crippen molar-refractivity contribution in [1.82, 2.24) is 4.98 Å². The Morgan fingerprint density at radius 1 is 1.14 bits per heavy atom. The van der Waals surface area contributed by atoms with Crippen LogP contribution in [0.15, 0.2) is 42.5 Å². The summed E-state index contributed by atoms with van der Waals surface area (Å²) < 4.78 is 0. The van der Waals surface area contributed by atoms with Gasteiger partial charge in [0.1, 0.15) is 0 Å². The number of benzene rings is 2. The van der Waals surface area contributed by atoms with Crippen LogP contribution in [0.3, 0.4) is 0 Å². The number of carbonyl (C=O) groups excluding carboxylic acids is 1. The molecule has 0 bridgehead atoms. The van der Waals surface area contributed by atoms with Crippen molar-refractivity contribution >= 4 is 28.3 Å². The number of aromatic nitrogens is 1. The number of Topliss-reactive ketones (excluding diaryl/α,β-unsaturated/α-hetero) is 1. The SMILES string of the molecule is Cc1ccc(-c2[nH]c3ccc(Cl)cc3c2C(=O)C2CC2)cc1. The second-order valence-electron chi connectivity index (χ2n) is 6.07. The molecule has 1 saturated carbocycles. The van der Waals surface area contributed by atoms with Crippen LogP contribution in [-0.4, -0.2) is 10.8 Å². The topological polar surface area (TPSA) is 32.9 Å². The molecule has 0 atom stereocenters. The molecule has 1 fully saturated rings. The number of H-pyrrole nitrogens is 1. The smallest absolute Gasteiger partial charge is 0.168 e. The first-order chi connectivity index (χ1) is 10.6. The molecule has 110 valence electrons. The maximum Gasteiger partial charge on any atom is 0.168 e. The van der Waals surface area contributed by atoms with E-state index in [0.29, 0.717) is 5.02 Å². The summed E-state index contributed by atoms with van der Waals surface area (Å²) in [7, 11) is 0. The van der Waals surface area contributed by atoms with Gasteiger partial charge >= 0.3 is 0 Å². The first-order valence-electron chi connectivity index (χ1n) is 7.56. The van der Waals surface area contributed by atoms with Crippen molar-refractivity contribution in [3.8, 4) is 11.3 Å². The van der Waals surface area contributed by atoms with Crippen LogP contribution in [0.25, 0.3) is 22.2 Å². The molecule has 0 unspecified atom stereocenters. The molecule has 3 aromatic rings. The quantitative estimate of drug-likeness (QED) is 0.646. The number of rotatable bonds is 3. The van der Waals surface area contributed by atoms with Gasteiger partial charge in [-0.15, -0.1) is 0 Å². The Hall–Kier alpha value is -2.06. The highest BCUT2D eigenvalue weighted by atomic mass is 35.5. The third-order valence-electron chi connectivity index (χ3n) is 4.30.